The van der Waals surface area contributed by atoms with Crippen molar-refractivity contribution in [3.63, 3.8) is 0 Å². The Balaban J connectivity index is 2.28. The molecule has 0 aliphatic carbocycles. The highest BCUT2D eigenvalue weighted by atomic mass is 15.3. The van der Waals surface area contributed by atoms with Crippen molar-refractivity contribution in [2.75, 3.05) is 0 Å². The Morgan fingerprint density at radius 1 is 1.25 bits per heavy atom. The van der Waals surface area contributed by atoms with E-state index in [0.717, 1.165) is 31.2 Å². The molecule has 0 saturated carbocycles. The molecule has 1 aromatic carbocycles. The van der Waals surface area contributed by atoms with Gasteiger partial charge in [-0.25, -0.2) is 4.98 Å². The van der Waals surface area contributed by atoms with Gasteiger partial charge in [-0.05, 0) is 12.0 Å². The molecule has 1 unspecified atom stereocenters. The van der Waals surface area contributed by atoms with Crippen LogP contribution in [0.4, 0.5) is 0 Å². The lowest BCUT2D eigenvalue weighted by Gasteiger charge is -2.27. The van der Waals surface area contributed by atoms with Crippen LogP contribution >= 0.6 is 0 Å². The number of nitrogens with zero attached hydrogens (tertiary/aromatic N) is 4. The zero-order valence-corrected chi connectivity index (χ0v) is 11.9. The average Bonchev–Trinajstić information content (AvgIpc) is 3.00. The van der Waals surface area contributed by atoms with E-state index in [1.165, 1.54) is 6.33 Å². The summed E-state index contributed by atoms with van der Waals surface area (Å²) in [5.41, 5.74) is 0.540. The van der Waals surface area contributed by atoms with E-state index in [1.807, 2.05) is 30.3 Å². The number of unbranched alkanes of at least 4 members (excludes halogenated alkanes) is 2. The fraction of sp³-hybridized carbons (Fsp3) is 0.438. The molecule has 0 N–H and O–H groups in total. The Labute approximate surface area is 120 Å². The first-order valence-corrected chi connectivity index (χ1v) is 7.10. The van der Waals surface area contributed by atoms with E-state index in [9.17, 15) is 5.26 Å². The Hall–Kier alpha value is -2.15. The average molecular weight is 268 g/mol. The molecule has 0 spiro atoms. The summed E-state index contributed by atoms with van der Waals surface area (Å²) in [4.78, 5) is 3.97. The summed E-state index contributed by atoms with van der Waals surface area (Å²) in [7, 11) is 0. The van der Waals surface area contributed by atoms with Gasteiger partial charge in [-0.3, -0.25) is 4.68 Å². The zero-order valence-electron chi connectivity index (χ0n) is 11.9. The number of benzene rings is 1. The first-order valence-electron chi connectivity index (χ1n) is 7.10. The fourth-order valence-corrected chi connectivity index (χ4v) is 2.50. The summed E-state index contributed by atoms with van der Waals surface area (Å²) in [5.74, 6) is 0. The normalized spacial score (nSPS) is 13.6. The molecule has 2 rings (SSSR count). The molecule has 4 heteroatoms. The van der Waals surface area contributed by atoms with E-state index in [-0.39, 0.29) is 0 Å². The van der Waals surface area contributed by atoms with Crippen molar-refractivity contribution < 1.29 is 0 Å². The van der Waals surface area contributed by atoms with Crippen molar-refractivity contribution in [2.45, 2.75) is 44.6 Å². The predicted molar refractivity (Wildman–Crippen MR) is 77.9 cm³/mol. The minimum atomic E-state index is -0.524. The number of nitriles is 1. The largest absolute Gasteiger partial charge is 0.251 e. The van der Waals surface area contributed by atoms with Crippen molar-refractivity contribution in [3.8, 4) is 6.07 Å². The van der Waals surface area contributed by atoms with Crippen LogP contribution in [0.3, 0.4) is 0 Å². The van der Waals surface area contributed by atoms with Crippen LogP contribution in [0.2, 0.25) is 0 Å². The molecule has 0 saturated heterocycles. The second-order valence-electron chi connectivity index (χ2n) is 5.11. The van der Waals surface area contributed by atoms with Gasteiger partial charge < -0.3 is 0 Å². The first kappa shape index (κ1) is 14.3. The van der Waals surface area contributed by atoms with E-state index >= 15 is 0 Å². The molecule has 0 fully saturated rings. The molecule has 20 heavy (non-hydrogen) atoms. The minimum absolute atomic E-state index is 0.524. The van der Waals surface area contributed by atoms with E-state index < -0.39 is 5.41 Å². The number of hydrogen-bond acceptors (Lipinski definition) is 3. The summed E-state index contributed by atoms with van der Waals surface area (Å²) in [6.07, 6.45) is 7.39. The smallest absolute Gasteiger partial charge is 0.137 e. The third-order valence-electron chi connectivity index (χ3n) is 3.65. The molecule has 0 radical (unpaired) electrons. The molecule has 1 heterocycles. The Morgan fingerprint density at radius 3 is 2.65 bits per heavy atom. The van der Waals surface area contributed by atoms with Gasteiger partial charge in [-0.2, -0.15) is 10.4 Å². The summed E-state index contributed by atoms with van der Waals surface area (Å²) < 4.78 is 1.75. The maximum absolute atomic E-state index is 9.82. The molecule has 0 bridgehead atoms. The molecule has 104 valence electrons. The van der Waals surface area contributed by atoms with Gasteiger partial charge >= 0.3 is 0 Å². The van der Waals surface area contributed by atoms with Crippen LogP contribution in [0, 0.1) is 11.3 Å². The van der Waals surface area contributed by atoms with Crippen LogP contribution in [0.25, 0.3) is 0 Å². The van der Waals surface area contributed by atoms with Crippen molar-refractivity contribution in [3.05, 3.63) is 48.5 Å². The molecular formula is C16H20N4. The van der Waals surface area contributed by atoms with Crippen LogP contribution < -0.4 is 0 Å². The lowest BCUT2D eigenvalue weighted by Crippen LogP contribution is -2.30. The Morgan fingerprint density at radius 2 is 2.05 bits per heavy atom. The number of aromatic nitrogens is 3. The van der Waals surface area contributed by atoms with E-state index in [4.69, 9.17) is 0 Å². The van der Waals surface area contributed by atoms with Crippen molar-refractivity contribution in [2.24, 2.45) is 0 Å². The summed E-state index contributed by atoms with van der Waals surface area (Å²) in [5, 5.41) is 14.0. The third kappa shape index (κ3) is 3.24. The zero-order chi connectivity index (χ0) is 14.3. The Kier molecular flexibility index (Phi) is 4.89. The molecule has 1 atom stereocenters. The topological polar surface area (TPSA) is 54.5 Å². The molecule has 0 aliphatic rings. The maximum Gasteiger partial charge on any atom is 0.137 e. The maximum atomic E-state index is 9.82. The molecule has 4 nitrogen and oxygen atoms in total. The van der Waals surface area contributed by atoms with Gasteiger partial charge in [0.25, 0.3) is 0 Å². The second kappa shape index (κ2) is 6.85. The van der Waals surface area contributed by atoms with Crippen LogP contribution in [-0.4, -0.2) is 14.8 Å². The lowest BCUT2D eigenvalue weighted by molar-refractivity contribution is 0.387. The summed E-state index contributed by atoms with van der Waals surface area (Å²) in [6, 6.07) is 12.6. The highest BCUT2D eigenvalue weighted by molar-refractivity contribution is 5.32. The monoisotopic (exact) mass is 268 g/mol. The van der Waals surface area contributed by atoms with Crippen molar-refractivity contribution in [1.29, 1.82) is 5.26 Å². The second-order valence-corrected chi connectivity index (χ2v) is 5.11. The lowest BCUT2D eigenvalue weighted by atomic mass is 9.77. The third-order valence-corrected chi connectivity index (χ3v) is 3.65. The van der Waals surface area contributed by atoms with Gasteiger partial charge in [-0.1, -0.05) is 56.5 Å². The fourth-order valence-electron chi connectivity index (χ4n) is 2.50. The number of hydrogen-bond donors (Lipinski definition) is 0. The van der Waals surface area contributed by atoms with E-state index in [0.29, 0.717) is 6.54 Å². The number of rotatable bonds is 7. The SMILES string of the molecule is CCCCCC(C#N)(Cn1cncn1)c1ccccc1. The molecule has 0 aliphatic heterocycles. The van der Waals surface area contributed by atoms with Crippen molar-refractivity contribution in [1.82, 2.24) is 14.8 Å². The van der Waals surface area contributed by atoms with Crippen LogP contribution in [0.5, 0.6) is 0 Å². The first-order chi connectivity index (χ1) is 9.80. The standard InChI is InChI=1S/C16H20N4/c1-2-3-7-10-16(11-17,12-20-14-18-13-19-20)15-8-5-4-6-9-15/h4-6,8-9,13-14H,2-3,7,10,12H2,1H3. The van der Waals surface area contributed by atoms with Gasteiger partial charge in [0, 0.05) is 0 Å². The van der Waals surface area contributed by atoms with Gasteiger partial charge in [0.2, 0.25) is 0 Å². The van der Waals surface area contributed by atoms with Gasteiger partial charge in [0.15, 0.2) is 0 Å². The minimum Gasteiger partial charge on any atom is -0.251 e. The predicted octanol–water partition coefficient (Wildman–Crippen LogP) is 3.32. The van der Waals surface area contributed by atoms with Crippen molar-refractivity contribution >= 4 is 0 Å². The molecular weight excluding hydrogens is 248 g/mol. The summed E-state index contributed by atoms with van der Waals surface area (Å²) >= 11 is 0. The molecule has 1 aromatic heterocycles. The highest BCUT2D eigenvalue weighted by Gasteiger charge is 2.32. The van der Waals surface area contributed by atoms with Gasteiger partial charge in [0.1, 0.15) is 18.1 Å². The van der Waals surface area contributed by atoms with E-state index in [1.54, 1.807) is 11.0 Å². The summed E-state index contributed by atoms with van der Waals surface area (Å²) in [6.45, 7) is 2.73. The quantitative estimate of drug-likeness (QED) is 0.724. The van der Waals surface area contributed by atoms with Gasteiger partial charge in [0.05, 0.1) is 12.6 Å². The molecule has 0 amide bonds. The van der Waals surface area contributed by atoms with Gasteiger partial charge in [-0.15, -0.1) is 0 Å². The molecule has 2 aromatic rings. The highest BCUT2D eigenvalue weighted by Crippen LogP contribution is 2.31. The van der Waals surface area contributed by atoms with Crippen LogP contribution in [-0.2, 0) is 12.0 Å². The van der Waals surface area contributed by atoms with Crippen LogP contribution in [0.15, 0.2) is 43.0 Å². The van der Waals surface area contributed by atoms with Crippen LogP contribution in [0.1, 0.15) is 38.2 Å². The van der Waals surface area contributed by atoms with E-state index in [2.05, 4.69) is 23.1 Å². The Bertz CT molecular complexity index is 542.